The maximum absolute atomic E-state index is 8.78. The molecule has 0 unspecified atom stereocenters. The zero-order valence-corrected chi connectivity index (χ0v) is 9.05. The fraction of sp³-hybridized carbons (Fsp3) is 1.00. The van der Waals surface area contributed by atoms with Crippen LogP contribution in [-0.4, -0.2) is 67.3 Å². The predicted octanol–water partition coefficient (Wildman–Crippen LogP) is 0.297. The molecule has 1 heterocycles. The van der Waals surface area contributed by atoms with Gasteiger partial charge in [0.1, 0.15) is 0 Å². The Hall–Kier alpha value is -0.810. The number of β-amino-alcohol motifs (C(OH)–C–C–N with tert-alkyl or cyclic N) is 1. The Bertz CT molecular complexity index is 209. The monoisotopic (exact) mass is 213 g/mol. The van der Waals surface area contributed by atoms with Crippen LogP contribution in [0.15, 0.2) is 5.11 Å². The summed E-state index contributed by atoms with van der Waals surface area (Å²) in [4.78, 5) is 7.37. The van der Waals surface area contributed by atoms with E-state index in [1.165, 1.54) is 0 Å². The van der Waals surface area contributed by atoms with Crippen LogP contribution in [-0.2, 0) is 0 Å². The van der Waals surface area contributed by atoms with E-state index in [-0.39, 0.29) is 6.61 Å². The van der Waals surface area contributed by atoms with E-state index in [1.807, 2.05) is 0 Å². The molecule has 0 aliphatic carbocycles. The lowest BCUT2D eigenvalue weighted by atomic mass is 10.3. The van der Waals surface area contributed by atoms with Gasteiger partial charge in [0.05, 0.1) is 6.61 Å². The van der Waals surface area contributed by atoms with Crippen molar-refractivity contribution in [2.45, 2.75) is 6.42 Å². The second kappa shape index (κ2) is 7.48. The lowest BCUT2D eigenvalue weighted by Gasteiger charge is -2.34. The summed E-state index contributed by atoms with van der Waals surface area (Å²) in [6, 6.07) is 0. The Morgan fingerprint density at radius 1 is 1.13 bits per heavy atom. The molecule has 1 saturated heterocycles. The molecule has 0 radical (unpaired) electrons. The molecule has 6 heteroatoms. The first-order valence-corrected chi connectivity index (χ1v) is 5.43. The number of hydrogen-bond acceptors (Lipinski definition) is 4. The average Bonchev–Trinajstić information content (AvgIpc) is 2.27. The standard InChI is InChI=1S/C9H19N5O/c10-12-11-2-1-3-13-4-6-14(7-5-13)8-9-15/h15H,1-9H2. The molecule has 0 bridgehead atoms. The van der Waals surface area contributed by atoms with Crippen LogP contribution in [0.2, 0.25) is 0 Å². The maximum atomic E-state index is 8.78. The van der Waals surface area contributed by atoms with Crippen molar-refractivity contribution in [2.75, 3.05) is 52.4 Å². The zero-order valence-electron chi connectivity index (χ0n) is 9.05. The summed E-state index contributed by atoms with van der Waals surface area (Å²) in [6.45, 7) is 6.79. The lowest BCUT2D eigenvalue weighted by Crippen LogP contribution is -2.47. The molecule has 1 aliphatic heterocycles. The first kappa shape index (κ1) is 12.3. The minimum absolute atomic E-state index is 0.247. The van der Waals surface area contributed by atoms with E-state index >= 15 is 0 Å². The minimum Gasteiger partial charge on any atom is -0.395 e. The van der Waals surface area contributed by atoms with Gasteiger partial charge in [-0.2, -0.15) is 0 Å². The van der Waals surface area contributed by atoms with Crippen molar-refractivity contribution >= 4 is 0 Å². The van der Waals surface area contributed by atoms with Crippen LogP contribution in [0.25, 0.3) is 10.4 Å². The Labute approximate surface area is 90.1 Å². The lowest BCUT2D eigenvalue weighted by molar-refractivity contribution is 0.112. The molecule has 0 aromatic carbocycles. The number of aliphatic hydroxyl groups is 1. The molecule has 0 aromatic heterocycles. The highest BCUT2D eigenvalue weighted by molar-refractivity contribution is 4.71. The number of azide groups is 1. The number of nitrogens with zero attached hydrogens (tertiary/aromatic N) is 5. The third-order valence-electron chi connectivity index (χ3n) is 2.68. The molecule has 15 heavy (non-hydrogen) atoms. The molecule has 86 valence electrons. The predicted molar refractivity (Wildman–Crippen MR) is 58.6 cm³/mol. The molecule has 0 atom stereocenters. The van der Waals surface area contributed by atoms with Crippen LogP contribution < -0.4 is 0 Å². The van der Waals surface area contributed by atoms with Crippen LogP contribution in [0.4, 0.5) is 0 Å². The van der Waals surface area contributed by atoms with Gasteiger partial charge >= 0.3 is 0 Å². The number of piperazine rings is 1. The van der Waals surface area contributed by atoms with Crippen molar-refractivity contribution < 1.29 is 5.11 Å². The molecule has 1 fully saturated rings. The van der Waals surface area contributed by atoms with Crippen molar-refractivity contribution in [3.05, 3.63) is 10.4 Å². The number of rotatable bonds is 6. The average molecular weight is 213 g/mol. The van der Waals surface area contributed by atoms with E-state index < -0.39 is 0 Å². The Balaban J connectivity index is 2.06. The van der Waals surface area contributed by atoms with E-state index in [9.17, 15) is 0 Å². The Morgan fingerprint density at radius 3 is 2.27 bits per heavy atom. The zero-order chi connectivity index (χ0) is 10.9. The summed E-state index contributed by atoms with van der Waals surface area (Å²) < 4.78 is 0. The van der Waals surface area contributed by atoms with Gasteiger partial charge in [0, 0.05) is 44.2 Å². The summed E-state index contributed by atoms with van der Waals surface area (Å²) in [5, 5.41) is 12.3. The van der Waals surface area contributed by atoms with E-state index in [1.54, 1.807) is 0 Å². The summed E-state index contributed by atoms with van der Waals surface area (Å²) in [5.74, 6) is 0. The van der Waals surface area contributed by atoms with Crippen LogP contribution in [0, 0.1) is 0 Å². The molecular weight excluding hydrogens is 194 g/mol. The molecule has 1 rings (SSSR count). The van der Waals surface area contributed by atoms with Crippen LogP contribution in [0.5, 0.6) is 0 Å². The molecular formula is C9H19N5O. The largest absolute Gasteiger partial charge is 0.395 e. The second-order valence-corrected chi connectivity index (χ2v) is 3.71. The molecule has 1 aliphatic rings. The highest BCUT2D eigenvalue weighted by Gasteiger charge is 2.15. The fourth-order valence-electron chi connectivity index (χ4n) is 1.79. The normalized spacial score (nSPS) is 18.7. The summed E-state index contributed by atoms with van der Waals surface area (Å²) in [5.41, 5.74) is 8.11. The van der Waals surface area contributed by atoms with Crippen molar-refractivity contribution in [2.24, 2.45) is 5.11 Å². The fourth-order valence-corrected chi connectivity index (χ4v) is 1.79. The maximum Gasteiger partial charge on any atom is 0.0558 e. The molecule has 0 aromatic rings. The Morgan fingerprint density at radius 2 is 1.73 bits per heavy atom. The van der Waals surface area contributed by atoms with Gasteiger partial charge in [-0.15, -0.1) is 0 Å². The SMILES string of the molecule is [N-]=[N+]=NCCCN1CCN(CCO)CC1. The van der Waals surface area contributed by atoms with Gasteiger partial charge in [-0.1, -0.05) is 5.11 Å². The van der Waals surface area contributed by atoms with E-state index in [2.05, 4.69) is 19.8 Å². The number of aliphatic hydroxyl groups excluding tert-OH is 1. The van der Waals surface area contributed by atoms with Crippen molar-refractivity contribution in [1.29, 1.82) is 0 Å². The topological polar surface area (TPSA) is 75.5 Å². The van der Waals surface area contributed by atoms with E-state index in [0.29, 0.717) is 6.54 Å². The molecule has 0 saturated carbocycles. The third-order valence-corrected chi connectivity index (χ3v) is 2.68. The number of hydrogen-bond donors (Lipinski definition) is 1. The molecule has 6 nitrogen and oxygen atoms in total. The third kappa shape index (κ3) is 4.99. The summed E-state index contributed by atoms with van der Waals surface area (Å²) in [7, 11) is 0. The summed E-state index contributed by atoms with van der Waals surface area (Å²) >= 11 is 0. The van der Waals surface area contributed by atoms with Crippen LogP contribution in [0.1, 0.15) is 6.42 Å². The van der Waals surface area contributed by atoms with Gasteiger partial charge in [-0.25, -0.2) is 0 Å². The molecule has 0 amide bonds. The smallest absolute Gasteiger partial charge is 0.0558 e. The summed E-state index contributed by atoms with van der Waals surface area (Å²) in [6.07, 6.45) is 0.935. The van der Waals surface area contributed by atoms with E-state index in [0.717, 1.165) is 45.7 Å². The minimum atomic E-state index is 0.247. The quantitative estimate of drug-likeness (QED) is 0.298. The van der Waals surface area contributed by atoms with Gasteiger partial charge in [-0.05, 0) is 18.5 Å². The highest BCUT2D eigenvalue weighted by atomic mass is 16.3. The first-order valence-electron chi connectivity index (χ1n) is 5.43. The van der Waals surface area contributed by atoms with Crippen LogP contribution in [0.3, 0.4) is 0 Å². The second-order valence-electron chi connectivity index (χ2n) is 3.71. The van der Waals surface area contributed by atoms with Gasteiger partial charge in [0.15, 0.2) is 0 Å². The Kier molecular flexibility index (Phi) is 6.11. The molecule has 0 spiro atoms. The van der Waals surface area contributed by atoms with Crippen molar-refractivity contribution in [1.82, 2.24) is 9.80 Å². The van der Waals surface area contributed by atoms with Gasteiger partial charge < -0.3 is 10.0 Å². The van der Waals surface area contributed by atoms with Crippen molar-refractivity contribution in [3.8, 4) is 0 Å². The van der Waals surface area contributed by atoms with Gasteiger partial charge in [-0.3, -0.25) is 4.90 Å². The van der Waals surface area contributed by atoms with Gasteiger partial charge in [0.2, 0.25) is 0 Å². The van der Waals surface area contributed by atoms with Gasteiger partial charge in [0.25, 0.3) is 0 Å². The van der Waals surface area contributed by atoms with Crippen LogP contribution >= 0.6 is 0 Å². The van der Waals surface area contributed by atoms with E-state index in [4.69, 9.17) is 10.6 Å². The van der Waals surface area contributed by atoms with Crippen molar-refractivity contribution in [3.63, 3.8) is 0 Å². The first-order chi connectivity index (χ1) is 7.36. The molecule has 1 N–H and O–H groups in total. The highest BCUT2D eigenvalue weighted by Crippen LogP contribution is 2.01.